The largest absolute Gasteiger partial charge is 0.372 e. The van der Waals surface area contributed by atoms with Gasteiger partial charge in [-0.05, 0) is 41.3 Å². The second-order valence-corrected chi connectivity index (χ2v) is 4.94. The van der Waals surface area contributed by atoms with Crippen LogP contribution in [0.15, 0.2) is 42.5 Å². The molecular formula is C17H14F2O. The van der Waals surface area contributed by atoms with Crippen LogP contribution in [0.2, 0.25) is 0 Å². The van der Waals surface area contributed by atoms with Crippen LogP contribution in [-0.4, -0.2) is 13.2 Å². The Balaban J connectivity index is 2.07. The summed E-state index contributed by atoms with van der Waals surface area (Å²) in [5, 5.41) is 0. The maximum atomic E-state index is 13.4. The lowest BCUT2D eigenvalue weighted by molar-refractivity contribution is 0.219. The monoisotopic (exact) mass is 272 g/mol. The van der Waals surface area contributed by atoms with Gasteiger partial charge in [0.1, 0.15) is 0 Å². The molecule has 1 aliphatic heterocycles. The van der Waals surface area contributed by atoms with Crippen LogP contribution in [0, 0.1) is 18.6 Å². The lowest BCUT2D eigenvalue weighted by atomic mass is 9.96. The molecule has 0 unspecified atom stereocenters. The van der Waals surface area contributed by atoms with Crippen LogP contribution in [-0.2, 0) is 4.74 Å². The summed E-state index contributed by atoms with van der Waals surface area (Å²) < 4.78 is 31.9. The minimum Gasteiger partial charge on any atom is -0.372 e. The number of benzene rings is 2. The molecule has 3 rings (SSSR count). The van der Waals surface area contributed by atoms with Gasteiger partial charge in [-0.1, -0.05) is 35.9 Å². The van der Waals surface area contributed by atoms with Crippen LogP contribution in [0.4, 0.5) is 8.78 Å². The minimum absolute atomic E-state index is 0.425. The first-order chi connectivity index (χ1) is 9.65. The van der Waals surface area contributed by atoms with Crippen molar-refractivity contribution >= 4 is 11.1 Å². The van der Waals surface area contributed by atoms with Gasteiger partial charge in [-0.25, -0.2) is 8.78 Å². The number of aryl methyl sites for hydroxylation is 1. The maximum Gasteiger partial charge on any atom is 0.159 e. The zero-order valence-electron chi connectivity index (χ0n) is 11.1. The van der Waals surface area contributed by atoms with Crippen LogP contribution in [0.3, 0.4) is 0 Å². The molecule has 20 heavy (non-hydrogen) atoms. The van der Waals surface area contributed by atoms with Crippen LogP contribution in [0.1, 0.15) is 16.7 Å². The summed E-state index contributed by atoms with van der Waals surface area (Å²) in [5.74, 6) is -1.66. The topological polar surface area (TPSA) is 9.23 Å². The molecule has 0 spiro atoms. The van der Waals surface area contributed by atoms with E-state index in [0.29, 0.717) is 18.8 Å². The van der Waals surface area contributed by atoms with E-state index in [4.69, 9.17) is 4.74 Å². The summed E-state index contributed by atoms with van der Waals surface area (Å²) in [6.45, 7) is 2.95. The van der Waals surface area contributed by atoms with E-state index in [1.807, 2.05) is 31.2 Å². The Morgan fingerprint density at radius 2 is 1.40 bits per heavy atom. The predicted octanol–water partition coefficient (Wildman–Crippen LogP) is 4.21. The number of hydrogen-bond acceptors (Lipinski definition) is 1. The molecule has 0 fully saturated rings. The predicted molar refractivity (Wildman–Crippen MR) is 75.2 cm³/mol. The third-order valence-corrected chi connectivity index (χ3v) is 3.53. The zero-order valence-corrected chi connectivity index (χ0v) is 11.1. The summed E-state index contributed by atoms with van der Waals surface area (Å²) in [5.41, 5.74) is 4.89. The van der Waals surface area contributed by atoms with Gasteiger partial charge in [-0.15, -0.1) is 0 Å². The number of rotatable bonds is 2. The van der Waals surface area contributed by atoms with Crippen molar-refractivity contribution in [1.29, 1.82) is 0 Å². The van der Waals surface area contributed by atoms with Gasteiger partial charge in [0.15, 0.2) is 11.6 Å². The SMILES string of the molecule is Cc1ccc(C2=C(c3ccc(F)c(F)c3)COC2)cc1. The van der Waals surface area contributed by atoms with Gasteiger partial charge in [0, 0.05) is 0 Å². The van der Waals surface area contributed by atoms with Crippen LogP contribution < -0.4 is 0 Å². The second-order valence-electron chi connectivity index (χ2n) is 4.94. The molecule has 2 aromatic carbocycles. The highest BCUT2D eigenvalue weighted by atomic mass is 19.2. The Kier molecular flexibility index (Phi) is 3.36. The van der Waals surface area contributed by atoms with Crippen molar-refractivity contribution in [1.82, 2.24) is 0 Å². The van der Waals surface area contributed by atoms with Crippen molar-refractivity contribution in [3.63, 3.8) is 0 Å². The van der Waals surface area contributed by atoms with E-state index in [0.717, 1.165) is 22.8 Å². The van der Waals surface area contributed by atoms with Gasteiger partial charge in [-0.2, -0.15) is 0 Å². The van der Waals surface area contributed by atoms with Crippen molar-refractivity contribution in [3.05, 3.63) is 70.8 Å². The molecule has 102 valence electrons. The average Bonchev–Trinajstić information content (AvgIpc) is 2.92. The van der Waals surface area contributed by atoms with E-state index in [1.54, 1.807) is 6.07 Å². The van der Waals surface area contributed by atoms with Crippen molar-refractivity contribution < 1.29 is 13.5 Å². The summed E-state index contributed by atoms with van der Waals surface area (Å²) in [7, 11) is 0. The molecule has 0 atom stereocenters. The lowest BCUT2D eigenvalue weighted by Gasteiger charge is -2.07. The molecule has 1 heterocycles. The highest BCUT2D eigenvalue weighted by Gasteiger charge is 2.19. The Labute approximate surface area is 116 Å². The average molecular weight is 272 g/mol. The molecule has 3 heteroatoms. The van der Waals surface area contributed by atoms with Gasteiger partial charge in [0.05, 0.1) is 13.2 Å². The fraction of sp³-hybridized carbons (Fsp3) is 0.176. The van der Waals surface area contributed by atoms with Crippen LogP contribution >= 0.6 is 0 Å². The second kappa shape index (κ2) is 5.17. The Morgan fingerprint density at radius 3 is 2.05 bits per heavy atom. The quantitative estimate of drug-likeness (QED) is 0.795. The molecule has 2 aromatic rings. The standard InChI is InChI=1S/C17H14F2O/c1-11-2-4-12(5-3-11)14-9-20-10-15(14)13-6-7-16(18)17(19)8-13/h2-8H,9-10H2,1H3. The molecule has 0 aliphatic carbocycles. The molecule has 0 N–H and O–H groups in total. The molecule has 0 aromatic heterocycles. The molecule has 1 aliphatic rings. The summed E-state index contributed by atoms with van der Waals surface area (Å²) >= 11 is 0. The minimum atomic E-state index is -0.829. The van der Waals surface area contributed by atoms with E-state index < -0.39 is 11.6 Å². The van der Waals surface area contributed by atoms with Crippen LogP contribution in [0.5, 0.6) is 0 Å². The first-order valence-electron chi connectivity index (χ1n) is 6.47. The van der Waals surface area contributed by atoms with Gasteiger partial charge < -0.3 is 4.74 Å². The third kappa shape index (κ3) is 2.37. The van der Waals surface area contributed by atoms with Gasteiger partial charge >= 0.3 is 0 Å². The Hall–Kier alpha value is -2.00. The smallest absolute Gasteiger partial charge is 0.159 e. The molecule has 1 nitrogen and oxygen atoms in total. The van der Waals surface area contributed by atoms with Gasteiger partial charge in [0.25, 0.3) is 0 Å². The van der Waals surface area contributed by atoms with E-state index in [-0.39, 0.29) is 0 Å². The normalized spacial score (nSPS) is 14.9. The molecule has 0 amide bonds. The fourth-order valence-electron chi connectivity index (χ4n) is 2.38. The van der Waals surface area contributed by atoms with E-state index >= 15 is 0 Å². The molecule has 0 saturated carbocycles. The van der Waals surface area contributed by atoms with Crippen molar-refractivity contribution in [2.45, 2.75) is 6.92 Å². The highest BCUT2D eigenvalue weighted by molar-refractivity contribution is 5.93. The number of halogens is 2. The van der Waals surface area contributed by atoms with Crippen molar-refractivity contribution in [2.75, 3.05) is 13.2 Å². The highest BCUT2D eigenvalue weighted by Crippen LogP contribution is 2.32. The first-order valence-corrected chi connectivity index (χ1v) is 6.47. The van der Waals surface area contributed by atoms with Gasteiger partial charge in [0.2, 0.25) is 0 Å². The Bertz CT molecular complexity index is 672. The summed E-state index contributed by atoms with van der Waals surface area (Å²) in [6, 6.07) is 12.1. The molecule has 0 saturated heterocycles. The molecular weight excluding hydrogens is 258 g/mol. The van der Waals surface area contributed by atoms with E-state index in [9.17, 15) is 8.78 Å². The van der Waals surface area contributed by atoms with E-state index in [2.05, 4.69) is 0 Å². The summed E-state index contributed by atoms with van der Waals surface area (Å²) in [6.07, 6.45) is 0. The first kappa shape index (κ1) is 13.0. The third-order valence-electron chi connectivity index (χ3n) is 3.53. The van der Waals surface area contributed by atoms with Gasteiger partial charge in [-0.3, -0.25) is 0 Å². The number of ether oxygens (including phenoxy) is 1. The molecule has 0 radical (unpaired) electrons. The lowest BCUT2D eigenvalue weighted by Crippen LogP contribution is -1.93. The van der Waals surface area contributed by atoms with Crippen molar-refractivity contribution in [2.24, 2.45) is 0 Å². The zero-order chi connectivity index (χ0) is 14.1. The Morgan fingerprint density at radius 1 is 0.800 bits per heavy atom. The number of hydrogen-bond donors (Lipinski definition) is 0. The van der Waals surface area contributed by atoms with E-state index in [1.165, 1.54) is 11.6 Å². The van der Waals surface area contributed by atoms with Crippen molar-refractivity contribution in [3.8, 4) is 0 Å². The van der Waals surface area contributed by atoms with Crippen LogP contribution in [0.25, 0.3) is 11.1 Å². The fourth-order valence-corrected chi connectivity index (χ4v) is 2.38. The summed E-state index contributed by atoms with van der Waals surface area (Å²) in [4.78, 5) is 0. The maximum absolute atomic E-state index is 13.4. The molecule has 0 bridgehead atoms.